The van der Waals surface area contributed by atoms with Gasteiger partial charge in [0.15, 0.2) is 0 Å². The van der Waals surface area contributed by atoms with Crippen molar-refractivity contribution in [2.75, 3.05) is 25.6 Å². The molecule has 1 unspecified atom stereocenters. The van der Waals surface area contributed by atoms with Gasteiger partial charge in [-0.05, 0) is 55.9 Å². The van der Waals surface area contributed by atoms with E-state index in [4.69, 9.17) is 0 Å². The molecular formula is C23H30N2O2S. The first-order valence-electron chi connectivity index (χ1n) is 9.66. The summed E-state index contributed by atoms with van der Waals surface area (Å²) in [6, 6.07) is 17.2. The zero-order valence-corrected chi connectivity index (χ0v) is 17.8. The van der Waals surface area contributed by atoms with Gasteiger partial charge in [-0.25, -0.2) is 0 Å². The number of rotatable bonds is 10. The Hall–Kier alpha value is -2.27. The molecule has 0 bridgehead atoms. The lowest BCUT2D eigenvalue weighted by molar-refractivity contribution is -0.132. The monoisotopic (exact) mass is 398 g/mol. The van der Waals surface area contributed by atoms with Crippen molar-refractivity contribution >= 4 is 23.6 Å². The minimum absolute atomic E-state index is 0.0249. The van der Waals surface area contributed by atoms with E-state index < -0.39 is 6.04 Å². The fourth-order valence-electron chi connectivity index (χ4n) is 3.06. The maximum Gasteiger partial charge on any atom is 0.251 e. The van der Waals surface area contributed by atoms with Crippen LogP contribution in [0.1, 0.15) is 34.3 Å². The second kappa shape index (κ2) is 11.5. The Morgan fingerprint density at radius 2 is 1.86 bits per heavy atom. The molecule has 4 nitrogen and oxygen atoms in total. The summed E-state index contributed by atoms with van der Waals surface area (Å²) in [5.74, 6) is 0.603. The number of aryl methyl sites for hydroxylation is 2. The molecule has 0 aliphatic heterocycles. The van der Waals surface area contributed by atoms with Gasteiger partial charge in [0.2, 0.25) is 5.91 Å². The first-order chi connectivity index (χ1) is 13.5. The normalized spacial score (nSPS) is 11.7. The third-order valence-electron chi connectivity index (χ3n) is 4.67. The van der Waals surface area contributed by atoms with Crippen LogP contribution in [0.5, 0.6) is 0 Å². The number of thioether (sulfide) groups is 1. The van der Waals surface area contributed by atoms with E-state index in [0.29, 0.717) is 18.5 Å². The molecule has 0 saturated carbocycles. The van der Waals surface area contributed by atoms with E-state index in [1.807, 2.05) is 56.6 Å². The zero-order chi connectivity index (χ0) is 20.4. The third-order valence-corrected chi connectivity index (χ3v) is 5.32. The van der Waals surface area contributed by atoms with E-state index >= 15 is 0 Å². The molecule has 2 rings (SSSR count). The van der Waals surface area contributed by atoms with Crippen molar-refractivity contribution < 1.29 is 9.59 Å². The minimum atomic E-state index is -0.498. The Labute approximate surface area is 172 Å². The Balaban J connectivity index is 1.94. The molecule has 0 aliphatic rings. The highest BCUT2D eigenvalue weighted by atomic mass is 32.2. The van der Waals surface area contributed by atoms with Gasteiger partial charge >= 0.3 is 0 Å². The highest BCUT2D eigenvalue weighted by molar-refractivity contribution is 7.98. The molecular weight excluding hydrogens is 368 g/mol. The molecule has 0 heterocycles. The van der Waals surface area contributed by atoms with Gasteiger partial charge in [-0.2, -0.15) is 11.8 Å². The number of nitrogens with one attached hydrogen (secondary N) is 1. The standard InChI is InChI=1S/C23H30N2O2S/c1-18-9-7-13-20(17-18)22(26)24-21(14-16-28-3)23(27)25(2)15-8-12-19-10-5-4-6-11-19/h4-7,9-11,13,17,21H,8,12,14-16H2,1-3H3,(H,24,26). The Morgan fingerprint density at radius 1 is 1.11 bits per heavy atom. The fraction of sp³-hybridized carbons (Fsp3) is 0.391. The van der Waals surface area contributed by atoms with Crippen molar-refractivity contribution in [1.82, 2.24) is 10.2 Å². The van der Waals surface area contributed by atoms with Gasteiger partial charge < -0.3 is 10.2 Å². The van der Waals surface area contributed by atoms with Crippen LogP contribution in [0.4, 0.5) is 0 Å². The minimum Gasteiger partial charge on any atom is -0.344 e. The molecule has 28 heavy (non-hydrogen) atoms. The molecule has 0 spiro atoms. The van der Waals surface area contributed by atoms with E-state index in [9.17, 15) is 9.59 Å². The predicted molar refractivity (Wildman–Crippen MR) is 118 cm³/mol. The van der Waals surface area contributed by atoms with Gasteiger partial charge in [0, 0.05) is 19.2 Å². The summed E-state index contributed by atoms with van der Waals surface area (Å²) < 4.78 is 0. The van der Waals surface area contributed by atoms with Crippen molar-refractivity contribution in [3.8, 4) is 0 Å². The van der Waals surface area contributed by atoms with E-state index in [1.54, 1.807) is 22.7 Å². The average Bonchev–Trinajstić information content (AvgIpc) is 2.71. The van der Waals surface area contributed by atoms with E-state index in [1.165, 1.54) is 5.56 Å². The Kier molecular flexibility index (Phi) is 9.08. The van der Waals surface area contributed by atoms with Crippen molar-refractivity contribution in [3.05, 3.63) is 71.3 Å². The largest absolute Gasteiger partial charge is 0.344 e. The molecule has 1 atom stereocenters. The third kappa shape index (κ3) is 7.04. The van der Waals surface area contributed by atoms with Gasteiger partial charge in [0.25, 0.3) is 5.91 Å². The molecule has 0 aliphatic carbocycles. The second-order valence-electron chi connectivity index (χ2n) is 7.03. The number of carbonyl (C=O) groups is 2. The van der Waals surface area contributed by atoms with Crippen LogP contribution in [0.3, 0.4) is 0 Å². The fourth-order valence-corrected chi connectivity index (χ4v) is 3.53. The molecule has 150 valence electrons. The molecule has 0 fully saturated rings. The zero-order valence-electron chi connectivity index (χ0n) is 17.0. The number of amides is 2. The van der Waals surface area contributed by atoms with Gasteiger partial charge in [0.05, 0.1) is 0 Å². The quantitative estimate of drug-likeness (QED) is 0.659. The lowest BCUT2D eigenvalue weighted by atomic mass is 10.1. The van der Waals surface area contributed by atoms with E-state index in [2.05, 4.69) is 17.4 Å². The van der Waals surface area contributed by atoms with Crippen LogP contribution in [0.15, 0.2) is 54.6 Å². The van der Waals surface area contributed by atoms with Crippen LogP contribution in [0.2, 0.25) is 0 Å². The van der Waals surface area contributed by atoms with Crippen LogP contribution in [0.25, 0.3) is 0 Å². The summed E-state index contributed by atoms with van der Waals surface area (Å²) in [6.45, 7) is 2.62. The van der Waals surface area contributed by atoms with Gasteiger partial charge in [0.1, 0.15) is 6.04 Å². The first-order valence-corrected chi connectivity index (χ1v) is 11.1. The first kappa shape index (κ1) is 22.0. The van der Waals surface area contributed by atoms with Crippen molar-refractivity contribution in [2.24, 2.45) is 0 Å². The molecule has 2 aromatic rings. The number of carbonyl (C=O) groups excluding carboxylic acids is 2. The highest BCUT2D eigenvalue weighted by Crippen LogP contribution is 2.09. The summed E-state index contributed by atoms with van der Waals surface area (Å²) in [5.41, 5.74) is 2.89. The SMILES string of the molecule is CSCCC(NC(=O)c1cccc(C)c1)C(=O)N(C)CCCc1ccccc1. The number of nitrogens with zero attached hydrogens (tertiary/aromatic N) is 1. The molecule has 0 saturated heterocycles. The average molecular weight is 399 g/mol. The predicted octanol–water partition coefficient (Wildman–Crippen LogP) is 3.94. The van der Waals surface area contributed by atoms with E-state index in [0.717, 1.165) is 24.2 Å². The Morgan fingerprint density at radius 3 is 2.54 bits per heavy atom. The molecule has 1 N–H and O–H groups in total. The van der Waals surface area contributed by atoms with E-state index in [-0.39, 0.29) is 11.8 Å². The summed E-state index contributed by atoms with van der Waals surface area (Å²) in [6.07, 6.45) is 4.46. The number of likely N-dealkylation sites (N-methyl/N-ethyl adjacent to an activating group) is 1. The summed E-state index contributed by atoms with van der Waals surface area (Å²) >= 11 is 1.68. The maximum absolute atomic E-state index is 12.9. The van der Waals surface area contributed by atoms with Crippen LogP contribution in [0, 0.1) is 6.92 Å². The summed E-state index contributed by atoms with van der Waals surface area (Å²) in [7, 11) is 1.82. The van der Waals surface area contributed by atoms with Gasteiger partial charge in [-0.3, -0.25) is 9.59 Å². The van der Waals surface area contributed by atoms with Gasteiger partial charge in [-0.15, -0.1) is 0 Å². The number of hydrogen-bond donors (Lipinski definition) is 1. The molecule has 5 heteroatoms. The van der Waals surface area contributed by atoms with Gasteiger partial charge in [-0.1, -0.05) is 48.0 Å². The number of benzene rings is 2. The lowest BCUT2D eigenvalue weighted by Gasteiger charge is -2.24. The van der Waals surface area contributed by atoms with Crippen molar-refractivity contribution in [3.63, 3.8) is 0 Å². The Bertz CT molecular complexity index is 764. The van der Waals surface area contributed by atoms with Crippen LogP contribution in [-0.4, -0.2) is 48.4 Å². The molecule has 0 aromatic heterocycles. The van der Waals surface area contributed by atoms with Crippen LogP contribution >= 0.6 is 11.8 Å². The van der Waals surface area contributed by atoms with Crippen LogP contribution < -0.4 is 5.32 Å². The summed E-state index contributed by atoms with van der Waals surface area (Å²) in [4.78, 5) is 27.3. The lowest BCUT2D eigenvalue weighted by Crippen LogP contribution is -2.48. The van der Waals surface area contributed by atoms with Crippen molar-refractivity contribution in [2.45, 2.75) is 32.2 Å². The molecule has 2 aromatic carbocycles. The maximum atomic E-state index is 12.9. The topological polar surface area (TPSA) is 49.4 Å². The second-order valence-corrected chi connectivity index (χ2v) is 8.01. The number of hydrogen-bond acceptors (Lipinski definition) is 3. The molecule has 2 amide bonds. The summed E-state index contributed by atoms with van der Waals surface area (Å²) in [5, 5.41) is 2.94. The highest BCUT2D eigenvalue weighted by Gasteiger charge is 2.24. The smallest absolute Gasteiger partial charge is 0.251 e. The molecule has 0 radical (unpaired) electrons. The van der Waals surface area contributed by atoms with Crippen molar-refractivity contribution in [1.29, 1.82) is 0 Å². The van der Waals surface area contributed by atoms with Crippen LogP contribution in [-0.2, 0) is 11.2 Å².